The van der Waals surface area contributed by atoms with Gasteiger partial charge in [-0.3, -0.25) is 4.98 Å². The normalized spacial score (nSPS) is 14.2. The number of ether oxygens (including phenoxy) is 1. The molecule has 0 N–H and O–H groups in total. The van der Waals surface area contributed by atoms with Crippen molar-refractivity contribution in [3.05, 3.63) is 65.6 Å². The van der Waals surface area contributed by atoms with Crippen molar-refractivity contribution in [2.45, 2.75) is 26.4 Å². The van der Waals surface area contributed by atoms with Crippen LogP contribution in [0.25, 0.3) is 10.9 Å². The van der Waals surface area contributed by atoms with E-state index in [0.29, 0.717) is 6.61 Å². The Balaban J connectivity index is 1.69. The maximum Gasteiger partial charge on any atom is 0.165 e. The number of anilines is 1. The number of aromatic nitrogens is 1. The summed E-state index contributed by atoms with van der Waals surface area (Å²) in [5.74, 6) is -0.0867. The van der Waals surface area contributed by atoms with Gasteiger partial charge in [0.2, 0.25) is 0 Å². The van der Waals surface area contributed by atoms with Gasteiger partial charge in [-0.15, -0.1) is 0 Å². The SMILES string of the molecule is Cc1cc(N2CCCC2)c2cc(F)c(OCc3ccccc3)cc2n1. The van der Waals surface area contributed by atoms with Gasteiger partial charge in [-0.2, -0.15) is 0 Å². The van der Waals surface area contributed by atoms with E-state index < -0.39 is 0 Å². The highest BCUT2D eigenvalue weighted by molar-refractivity contribution is 5.93. The lowest BCUT2D eigenvalue weighted by molar-refractivity contribution is 0.291. The Bertz CT molecular complexity index is 889. The fourth-order valence-electron chi connectivity index (χ4n) is 3.40. The average Bonchev–Trinajstić information content (AvgIpc) is 3.15. The lowest BCUT2D eigenvalue weighted by Crippen LogP contribution is -2.18. The van der Waals surface area contributed by atoms with Gasteiger partial charge in [0.05, 0.1) is 5.52 Å². The molecule has 4 heteroatoms. The van der Waals surface area contributed by atoms with E-state index in [-0.39, 0.29) is 11.6 Å². The Morgan fingerprint density at radius 1 is 1.08 bits per heavy atom. The standard InChI is InChI=1S/C21H21FN2O/c1-15-11-20(24-9-5-6-10-24)17-12-18(22)21(13-19(17)23-15)25-14-16-7-3-2-4-8-16/h2-4,7-8,11-13H,5-6,9-10,14H2,1H3. The van der Waals surface area contributed by atoms with Gasteiger partial charge in [0.15, 0.2) is 11.6 Å². The molecule has 0 aliphatic carbocycles. The highest BCUT2D eigenvalue weighted by Gasteiger charge is 2.18. The maximum absolute atomic E-state index is 14.6. The van der Waals surface area contributed by atoms with Crippen LogP contribution in [-0.4, -0.2) is 18.1 Å². The number of fused-ring (bicyclic) bond motifs is 1. The van der Waals surface area contributed by atoms with Crippen LogP contribution in [0.4, 0.5) is 10.1 Å². The Morgan fingerprint density at radius 3 is 2.60 bits per heavy atom. The van der Waals surface area contributed by atoms with Crippen LogP contribution in [-0.2, 0) is 6.61 Å². The highest BCUT2D eigenvalue weighted by Crippen LogP contribution is 2.33. The molecule has 0 unspecified atom stereocenters. The molecule has 0 amide bonds. The molecule has 1 aromatic heterocycles. The Labute approximate surface area is 147 Å². The molecule has 1 aliphatic heterocycles. The summed E-state index contributed by atoms with van der Waals surface area (Å²) in [4.78, 5) is 6.91. The summed E-state index contributed by atoms with van der Waals surface area (Å²) in [6, 6.07) is 15.1. The van der Waals surface area contributed by atoms with Crippen LogP contribution in [0.3, 0.4) is 0 Å². The zero-order valence-electron chi connectivity index (χ0n) is 14.3. The molecule has 0 atom stereocenters. The summed E-state index contributed by atoms with van der Waals surface area (Å²) in [6.07, 6.45) is 2.37. The van der Waals surface area contributed by atoms with Gasteiger partial charge in [-0.1, -0.05) is 30.3 Å². The first-order valence-electron chi connectivity index (χ1n) is 8.73. The van der Waals surface area contributed by atoms with Gasteiger partial charge < -0.3 is 9.64 Å². The van der Waals surface area contributed by atoms with Crippen molar-refractivity contribution < 1.29 is 9.13 Å². The van der Waals surface area contributed by atoms with Gasteiger partial charge in [0.1, 0.15) is 6.61 Å². The van der Waals surface area contributed by atoms with Crippen LogP contribution in [0.1, 0.15) is 24.1 Å². The first kappa shape index (κ1) is 15.9. The molecule has 25 heavy (non-hydrogen) atoms. The molecule has 0 bridgehead atoms. The zero-order chi connectivity index (χ0) is 17.2. The minimum absolute atomic E-state index is 0.252. The van der Waals surface area contributed by atoms with E-state index in [1.807, 2.05) is 37.3 Å². The van der Waals surface area contributed by atoms with Gasteiger partial charge in [0, 0.05) is 35.9 Å². The van der Waals surface area contributed by atoms with Crippen molar-refractivity contribution in [3.63, 3.8) is 0 Å². The number of halogens is 1. The van der Waals surface area contributed by atoms with Crippen LogP contribution in [0.5, 0.6) is 5.75 Å². The predicted molar refractivity (Wildman–Crippen MR) is 98.7 cm³/mol. The number of hydrogen-bond acceptors (Lipinski definition) is 3. The van der Waals surface area contributed by atoms with Crippen LogP contribution in [0.2, 0.25) is 0 Å². The van der Waals surface area contributed by atoms with E-state index in [4.69, 9.17) is 4.74 Å². The van der Waals surface area contributed by atoms with E-state index in [2.05, 4.69) is 16.0 Å². The molecule has 1 aliphatic rings. The van der Waals surface area contributed by atoms with Crippen LogP contribution >= 0.6 is 0 Å². The number of aryl methyl sites for hydroxylation is 1. The smallest absolute Gasteiger partial charge is 0.165 e. The largest absolute Gasteiger partial charge is 0.486 e. The maximum atomic E-state index is 14.6. The molecule has 1 fully saturated rings. The van der Waals surface area contributed by atoms with Crippen molar-refractivity contribution in [1.29, 1.82) is 0 Å². The van der Waals surface area contributed by atoms with Gasteiger partial charge in [0.25, 0.3) is 0 Å². The molecule has 0 radical (unpaired) electrons. The lowest BCUT2D eigenvalue weighted by atomic mass is 10.1. The summed E-state index contributed by atoms with van der Waals surface area (Å²) in [7, 11) is 0. The molecule has 0 spiro atoms. The third-order valence-electron chi connectivity index (χ3n) is 4.65. The minimum atomic E-state index is -0.338. The molecule has 2 aromatic carbocycles. The third-order valence-corrected chi connectivity index (χ3v) is 4.65. The molecule has 128 valence electrons. The van der Waals surface area contributed by atoms with Crippen LogP contribution in [0.15, 0.2) is 48.5 Å². The van der Waals surface area contributed by atoms with Crippen LogP contribution in [0, 0.1) is 12.7 Å². The zero-order valence-corrected chi connectivity index (χ0v) is 14.3. The molecular formula is C21H21FN2O. The monoisotopic (exact) mass is 336 g/mol. The summed E-state index contributed by atoms with van der Waals surface area (Å²) in [5.41, 5.74) is 3.81. The van der Waals surface area contributed by atoms with Crippen molar-refractivity contribution in [3.8, 4) is 5.75 Å². The summed E-state index contributed by atoms with van der Waals surface area (Å²) in [5, 5.41) is 0.858. The number of rotatable bonds is 4. The Morgan fingerprint density at radius 2 is 1.84 bits per heavy atom. The van der Waals surface area contributed by atoms with Crippen molar-refractivity contribution in [2.75, 3.05) is 18.0 Å². The number of benzene rings is 2. The summed E-state index contributed by atoms with van der Waals surface area (Å²) in [6.45, 7) is 4.36. The second-order valence-corrected chi connectivity index (χ2v) is 6.55. The van der Waals surface area contributed by atoms with E-state index in [9.17, 15) is 4.39 Å². The van der Waals surface area contributed by atoms with Crippen molar-refractivity contribution in [2.24, 2.45) is 0 Å². The molecule has 2 heterocycles. The quantitative estimate of drug-likeness (QED) is 0.680. The summed E-state index contributed by atoms with van der Waals surface area (Å²) < 4.78 is 20.3. The van der Waals surface area contributed by atoms with Crippen molar-refractivity contribution in [1.82, 2.24) is 4.98 Å². The molecule has 4 rings (SSSR count). The van der Waals surface area contributed by atoms with Gasteiger partial charge in [-0.25, -0.2) is 4.39 Å². The molecule has 0 saturated carbocycles. The van der Waals surface area contributed by atoms with Gasteiger partial charge >= 0.3 is 0 Å². The highest BCUT2D eigenvalue weighted by atomic mass is 19.1. The molecular weight excluding hydrogens is 315 g/mol. The van der Waals surface area contributed by atoms with Crippen LogP contribution < -0.4 is 9.64 Å². The number of hydrogen-bond donors (Lipinski definition) is 0. The number of nitrogens with zero attached hydrogens (tertiary/aromatic N) is 2. The van der Waals surface area contributed by atoms with E-state index in [1.54, 1.807) is 12.1 Å². The van der Waals surface area contributed by atoms with Gasteiger partial charge in [-0.05, 0) is 37.5 Å². The minimum Gasteiger partial charge on any atom is -0.486 e. The lowest BCUT2D eigenvalue weighted by Gasteiger charge is -2.20. The average molecular weight is 336 g/mol. The predicted octanol–water partition coefficient (Wildman–Crippen LogP) is 4.86. The van der Waals surface area contributed by atoms with E-state index in [0.717, 1.165) is 40.9 Å². The van der Waals surface area contributed by atoms with E-state index in [1.165, 1.54) is 12.8 Å². The molecule has 1 saturated heterocycles. The molecule has 3 nitrogen and oxygen atoms in total. The first-order valence-corrected chi connectivity index (χ1v) is 8.73. The Hall–Kier alpha value is -2.62. The summed E-state index contributed by atoms with van der Waals surface area (Å²) >= 11 is 0. The topological polar surface area (TPSA) is 25.4 Å². The van der Waals surface area contributed by atoms with E-state index >= 15 is 0 Å². The van der Waals surface area contributed by atoms with Crippen molar-refractivity contribution >= 4 is 16.6 Å². The second kappa shape index (κ2) is 6.71. The fourth-order valence-corrected chi connectivity index (χ4v) is 3.40. The Kier molecular flexibility index (Phi) is 4.26. The molecule has 3 aromatic rings. The second-order valence-electron chi connectivity index (χ2n) is 6.55. The third kappa shape index (κ3) is 3.29. The first-order chi connectivity index (χ1) is 12.2. The number of pyridine rings is 1. The fraction of sp³-hybridized carbons (Fsp3) is 0.286.